The minimum absolute atomic E-state index is 0.109. The average Bonchev–Trinajstić information content (AvgIpc) is 2.93. The summed E-state index contributed by atoms with van der Waals surface area (Å²) in [5, 5.41) is 1.01. The van der Waals surface area contributed by atoms with Gasteiger partial charge < -0.3 is 4.98 Å². The largest absolute Gasteiger partial charge is 0.360 e. The molecule has 0 saturated carbocycles. The van der Waals surface area contributed by atoms with Crippen molar-refractivity contribution in [1.82, 2.24) is 4.98 Å². The van der Waals surface area contributed by atoms with Crippen molar-refractivity contribution in [3.63, 3.8) is 0 Å². The van der Waals surface area contributed by atoms with Gasteiger partial charge in [-0.15, -0.1) is 11.3 Å². The number of aromatic amines is 1. The number of carbonyl (C=O) groups is 1. The molecular formula is C16H15NOS. The number of nitrogens with one attached hydrogen (secondary N) is 1. The first-order valence-electron chi connectivity index (χ1n) is 6.26. The third-order valence-corrected chi connectivity index (χ3v) is 4.62. The van der Waals surface area contributed by atoms with E-state index in [9.17, 15) is 4.79 Å². The van der Waals surface area contributed by atoms with Crippen LogP contribution in [0.4, 0.5) is 0 Å². The molecule has 19 heavy (non-hydrogen) atoms. The van der Waals surface area contributed by atoms with Gasteiger partial charge in [-0.1, -0.05) is 11.6 Å². The van der Waals surface area contributed by atoms with E-state index in [1.165, 1.54) is 16.0 Å². The molecule has 0 unspecified atom stereocenters. The van der Waals surface area contributed by atoms with E-state index in [1.807, 2.05) is 38.2 Å². The molecule has 0 amide bonds. The average molecular weight is 269 g/mol. The monoisotopic (exact) mass is 269 g/mol. The predicted molar refractivity (Wildman–Crippen MR) is 80.3 cm³/mol. The Balaban J connectivity index is 2.13. The number of thiophene rings is 1. The van der Waals surface area contributed by atoms with Gasteiger partial charge in [0.2, 0.25) is 5.78 Å². The molecule has 0 atom stereocenters. The summed E-state index contributed by atoms with van der Waals surface area (Å²) in [4.78, 5) is 17.8. The quantitative estimate of drug-likeness (QED) is 0.688. The van der Waals surface area contributed by atoms with E-state index in [4.69, 9.17) is 0 Å². The number of rotatable bonds is 2. The number of benzene rings is 1. The summed E-state index contributed by atoms with van der Waals surface area (Å²) < 4.78 is 0. The van der Waals surface area contributed by atoms with Gasteiger partial charge in [0.25, 0.3) is 0 Å². The van der Waals surface area contributed by atoms with Crippen molar-refractivity contribution >= 4 is 28.0 Å². The Morgan fingerprint density at radius 3 is 2.63 bits per heavy atom. The molecule has 3 aromatic rings. The Kier molecular flexibility index (Phi) is 2.79. The lowest BCUT2D eigenvalue weighted by Gasteiger charge is -1.97. The number of hydrogen-bond donors (Lipinski definition) is 1. The smallest absolute Gasteiger partial charge is 0.205 e. The van der Waals surface area contributed by atoms with Crippen LogP contribution in [0.2, 0.25) is 0 Å². The van der Waals surface area contributed by atoms with Crippen LogP contribution in [0.25, 0.3) is 10.9 Å². The van der Waals surface area contributed by atoms with Crippen LogP contribution in [0.5, 0.6) is 0 Å². The van der Waals surface area contributed by atoms with Gasteiger partial charge in [0.05, 0.1) is 4.88 Å². The normalized spacial score (nSPS) is 11.1. The number of hydrogen-bond acceptors (Lipinski definition) is 2. The summed E-state index contributed by atoms with van der Waals surface area (Å²) in [6.07, 6.45) is 1.82. The fourth-order valence-electron chi connectivity index (χ4n) is 2.24. The second-order valence-electron chi connectivity index (χ2n) is 4.93. The summed E-state index contributed by atoms with van der Waals surface area (Å²) in [6.45, 7) is 6.14. The van der Waals surface area contributed by atoms with E-state index in [0.29, 0.717) is 0 Å². The van der Waals surface area contributed by atoms with Crippen molar-refractivity contribution in [2.45, 2.75) is 20.8 Å². The molecular weight excluding hydrogens is 254 g/mol. The fraction of sp³-hybridized carbons (Fsp3) is 0.188. The van der Waals surface area contributed by atoms with Gasteiger partial charge in [-0.2, -0.15) is 0 Å². The SMILES string of the molecule is Cc1ccc2[nH]cc(C(=O)c3cc(C)c(C)s3)c2c1. The van der Waals surface area contributed by atoms with Crippen molar-refractivity contribution in [3.8, 4) is 0 Å². The van der Waals surface area contributed by atoms with Crippen molar-refractivity contribution in [2.24, 2.45) is 0 Å². The van der Waals surface area contributed by atoms with Gasteiger partial charge in [-0.3, -0.25) is 4.79 Å². The van der Waals surface area contributed by atoms with E-state index in [0.717, 1.165) is 21.3 Å². The molecule has 1 N–H and O–H groups in total. The molecule has 0 spiro atoms. The molecule has 2 aromatic heterocycles. The maximum absolute atomic E-state index is 12.6. The summed E-state index contributed by atoms with van der Waals surface area (Å²) in [5.41, 5.74) is 4.13. The van der Waals surface area contributed by atoms with Crippen molar-refractivity contribution in [2.75, 3.05) is 0 Å². The molecule has 0 saturated heterocycles. The fourth-order valence-corrected chi connectivity index (χ4v) is 3.23. The second-order valence-corrected chi connectivity index (χ2v) is 6.19. The first-order chi connectivity index (χ1) is 9.06. The van der Waals surface area contributed by atoms with Gasteiger partial charge in [-0.05, 0) is 44.5 Å². The highest BCUT2D eigenvalue weighted by atomic mass is 32.1. The van der Waals surface area contributed by atoms with Crippen LogP contribution >= 0.6 is 11.3 Å². The molecule has 3 rings (SSSR count). The summed E-state index contributed by atoms with van der Waals surface area (Å²) in [6, 6.07) is 8.11. The molecule has 0 aliphatic carbocycles. The maximum Gasteiger partial charge on any atom is 0.205 e. The van der Waals surface area contributed by atoms with E-state index < -0.39 is 0 Å². The van der Waals surface area contributed by atoms with Crippen LogP contribution in [0.15, 0.2) is 30.5 Å². The molecule has 0 fully saturated rings. The zero-order valence-electron chi connectivity index (χ0n) is 11.2. The first kappa shape index (κ1) is 12.2. The molecule has 2 heterocycles. The first-order valence-corrected chi connectivity index (χ1v) is 7.07. The van der Waals surface area contributed by atoms with Gasteiger partial charge in [0.1, 0.15) is 0 Å². The third-order valence-electron chi connectivity index (χ3n) is 3.47. The number of fused-ring (bicyclic) bond motifs is 1. The zero-order chi connectivity index (χ0) is 13.6. The lowest BCUT2D eigenvalue weighted by molar-refractivity contribution is 0.104. The second kappa shape index (κ2) is 4.35. The zero-order valence-corrected chi connectivity index (χ0v) is 12.0. The molecule has 2 nitrogen and oxygen atoms in total. The molecule has 96 valence electrons. The van der Waals surface area contributed by atoms with Crippen LogP contribution in [0.3, 0.4) is 0 Å². The van der Waals surface area contributed by atoms with Crippen molar-refractivity contribution in [1.29, 1.82) is 0 Å². The predicted octanol–water partition coefficient (Wildman–Crippen LogP) is 4.39. The van der Waals surface area contributed by atoms with E-state index in [1.54, 1.807) is 11.3 Å². The Morgan fingerprint density at radius 2 is 1.95 bits per heavy atom. The highest BCUT2D eigenvalue weighted by Gasteiger charge is 2.16. The van der Waals surface area contributed by atoms with E-state index in [-0.39, 0.29) is 5.78 Å². The number of aryl methyl sites for hydroxylation is 3. The van der Waals surface area contributed by atoms with Crippen LogP contribution in [-0.4, -0.2) is 10.8 Å². The van der Waals surface area contributed by atoms with Crippen LogP contribution in [0, 0.1) is 20.8 Å². The molecule has 0 bridgehead atoms. The Bertz CT molecular complexity index is 760. The highest BCUT2D eigenvalue weighted by Crippen LogP contribution is 2.27. The van der Waals surface area contributed by atoms with Gasteiger partial charge in [0.15, 0.2) is 0 Å². The van der Waals surface area contributed by atoms with Gasteiger partial charge >= 0.3 is 0 Å². The summed E-state index contributed by atoms with van der Waals surface area (Å²) >= 11 is 1.57. The highest BCUT2D eigenvalue weighted by molar-refractivity contribution is 7.14. The van der Waals surface area contributed by atoms with Gasteiger partial charge in [-0.25, -0.2) is 0 Å². The van der Waals surface area contributed by atoms with Crippen LogP contribution in [-0.2, 0) is 0 Å². The molecule has 0 radical (unpaired) electrons. The Hall–Kier alpha value is -1.87. The van der Waals surface area contributed by atoms with Crippen molar-refractivity contribution in [3.05, 3.63) is 56.9 Å². The van der Waals surface area contributed by atoms with E-state index in [2.05, 4.69) is 18.0 Å². The number of carbonyl (C=O) groups excluding carboxylic acids is 1. The standard InChI is InChI=1S/C16H15NOS/c1-9-4-5-14-12(6-9)13(8-17-14)16(18)15-7-10(2)11(3)19-15/h4-8,17H,1-3H3. The number of aromatic nitrogens is 1. The van der Waals surface area contributed by atoms with E-state index >= 15 is 0 Å². The van der Waals surface area contributed by atoms with Crippen LogP contribution < -0.4 is 0 Å². The maximum atomic E-state index is 12.6. The summed E-state index contributed by atoms with van der Waals surface area (Å²) in [5.74, 6) is 0.109. The third kappa shape index (κ3) is 2.00. The summed E-state index contributed by atoms with van der Waals surface area (Å²) in [7, 11) is 0. The lowest BCUT2D eigenvalue weighted by atomic mass is 10.1. The Labute approximate surface area is 116 Å². The topological polar surface area (TPSA) is 32.9 Å². The minimum Gasteiger partial charge on any atom is -0.360 e. The van der Waals surface area contributed by atoms with Gasteiger partial charge in [0, 0.05) is 27.5 Å². The van der Waals surface area contributed by atoms with Crippen LogP contribution in [0.1, 0.15) is 31.2 Å². The molecule has 3 heteroatoms. The molecule has 1 aromatic carbocycles. The molecule has 0 aliphatic rings. The van der Waals surface area contributed by atoms with Crippen molar-refractivity contribution < 1.29 is 4.79 Å². The number of H-pyrrole nitrogens is 1. The lowest BCUT2D eigenvalue weighted by Crippen LogP contribution is -1.97. The molecule has 0 aliphatic heterocycles. The Morgan fingerprint density at radius 1 is 1.16 bits per heavy atom. The number of ketones is 1. The minimum atomic E-state index is 0.109.